The highest BCUT2D eigenvalue weighted by atomic mass is 15.3. The van der Waals surface area contributed by atoms with E-state index >= 15 is 0 Å². The molecule has 0 atom stereocenters. The van der Waals surface area contributed by atoms with Gasteiger partial charge in [0.05, 0.1) is 6.54 Å². The van der Waals surface area contributed by atoms with Crippen molar-refractivity contribution in [3.63, 3.8) is 0 Å². The largest absolute Gasteiger partial charge is 0.324 e. The Labute approximate surface area is 60.8 Å². The van der Waals surface area contributed by atoms with Gasteiger partial charge in [0.15, 0.2) is 0 Å². The van der Waals surface area contributed by atoms with Gasteiger partial charge in [-0.3, -0.25) is 4.68 Å². The van der Waals surface area contributed by atoms with Gasteiger partial charge in [-0.1, -0.05) is 0 Å². The lowest BCUT2D eigenvalue weighted by atomic mass is 10.1. The van der Waals surface area contributed by atoms with Crippen molar-refractivity contribution in [1.29, 1.82) is 0 Å². The highest BCUT2D eigenvalue weighted by Crippen LogP contribution is 1.99. The summed E-state index contributed by atoms with van der Waals surface area (Å²) in [6, 6.07) is 1.89. The maximum atomic E-state index is 5.77. The summed E-state index contributed by atoms with van der Waals surface area (Å²) in [4.78, 5) is 0. The molecule has 1 aromatic rings. The first-order valence-corrected chi connectivity index (χ1v) is 3.34. The second-order valence-corrected chi connectivity index (χ2v) is 3.19. The van der Waals surface area contributed by atoms with Gasteiger partial charge in [0.1, 0.15) is 0 Å². The van der Waals surface area contributed by atoms with Crippen molar-refractivity contribution in [2.24, 2.45) is 5.73 Å². The SMILES string of the molecule is CC(C)(N)Cn1cccn1. The molecule has 0 spiro atoms. The molecule has 2 N–H and O–H groups in total. The molecule has 1 rings (SSSR count). The maximum Gasteiger partial charge on any atom is 0.0583 e. The average molecular weight is 139 g/mol. The second kappa shape index (κ2) is 2.42. The second-order valence-electron chi connectivity index (χ2n) is 3.19. The molecule has 0 aromatic carbocycles. The van der Waals surface area contributed by atoms with Crippen molar-refractivity contribution in [2.75, 3.05) is 0 Å². The summed E-state index contributed by atoms with van der Waals surface area (Å²) in [5, 5.41) is 4.04. The van der Waals surface area contributed by atoms with E-state index in [2.05, 4.69) is 5.10 Å². The third-order valence-corrected chi connectivity index (χ3v) is 1.13. The van der Waals surface area contributed by atoms with Crippen molar-refractivity contribution in [2.45, 2.75) is 25.9 Å². The summed E-state index contributed by atoms with van der Waals surface area (Å²) in [6.07, 6.45) is 3.67. The summed E-state index contributed by atoms with van der Waals surface area (Å²) in [6.45, 7) is 4.73. The minimum absolute atomic E-state index is 0.175. The zero-order valence-electron chi connectivity index (χ0n) is 6.41. The normalized spacial score (nSPS) is 11.9. The van der Waals surface area contributed by atoms with E-state index in [-0.39, 0.29) is 5.54 Å². The van der Waals surface area contributed by atoms with Gasteiger partial charge in [0, 0.05) is 17.9 Å². The van der Waals surface area contributed by atoms with Gasteiger partial charge in [0.25, 0.3) is 0 Å². The topological polar surface area (TPSA) is 43.8 Å². The van der Waals surface area contributed by atoms with Gasteiger partial charge in [-0.25, -0.2) is 0 Å². The Bertz CT molecular complexity index is 183. The summed E-state index contributed by atoms with van der Waals surface area (Å²) in [5.41, 5.74) is 5.59. The number of nitrogens with two attached hydrogens (primary N) is 1. The van der Waals surface area contributed by atoms with Crippen molar-refractivity contribution >= 4 is 0 Å². The van der Waals surface area contributed by atoms with Gasteiger partial charge < -0.3 is 5.73 Å². The lowest BCUT2D eigenvalue weighted by Crippen LogP contribution is -2.37. The lowest BCUT2D eigenvalue weighted by Gasteiger charge is -2.17. The fourth-order valence-electron chi connectivity index (χ4n) is 0.812. The molecule has 1 aromatic heterocycles. The molecule has 0 amide bonds. The van der Waals surface area contributed by atoms with Gasteiger partial charge in [0.2, 0.25) is 0 Å². The van der Waals surface area contributed by atoms with Crippen LogP contribution in [0, 0.1) is 0 Å². The fourth-order valence-corrected chi connectivity index (χ4v) is 0.812. The molecular weight excluding hydrogens is 126 g/mol. The number of aromatic nitrogens is 2. The van der Waals surface area contributed by atoms with Crippen LogP contribution in [-0.2, 0) is 6.54 Å². The summed E-state index contributed by atoms with van der Waals surface area (Å²) in [5.74, 6) is 0. The van der Waals surface area contributed by atoms with E-state index in [1.165, 1.54) is 0 Å². The molecular formula is C7H13N3. The van der Waals surface area contributed by atoms with E-state index in [1.54, 1.807) is 6.20 Å². The Morgan fingerprint density at radius 3 is 2.70 bits per heavy atom. The Balaban J connectivity index is 2.57. The first-order chi connectivity index (χ1) is 4.58. The third-order valence-electron chi connectivity index (χ3n) is 1.13. The van der Waals surface area contributed by atoms with Crippen LogP contribution in [0.5, 0.6) is 0 Å². The van der Waals surface area contributed by atoms with E-state index in [0.29, 0.717) is 0 Å². The van der Waals surface area contributed by atoms with Gasteiger partial charge >= 0.3 is 0 Å². The quantitative estimate of drug-likeness (QED) is 0.652. The predicted molar refractivity (Wildman–Crippen MR) is 40.5 cm³/mol. The highest BCUT2D eigenvalue weighted by Gasteiger charge is 2.10. The molecule has 56 valence electrons. The molecule has 3 nitrogen and oxygen atoms in total. The minimum Gasteiger partial charge on any atom is -0.324 e. The standard InChI is InChI=1S/C7H13N3/c1-7(2,8)6-10-5-3-4-9-10/h3-5H,6,8H2,1-2H3. The molecule has 3 heteroatoms. The molecule has 0 radical (unpaired) electrons. The maximum absolute atomic E-state index is 5.77. The molecule has 0 saturated carbocycles. The third kappa shape index (κ3) is 2.19. The van der Waals surface area contributed by atoms with Crippen LogP contribution >= 0.6 is 0 Å². The molecule has 1 heterocycles. The van der Waals surface area contributed by atoms with E-state index in [0.717, 1.165) is 6.54 Å². The zero-order valence-corrected chi connectivity index (χ0v) is 6.41. The van der Waals surface area contributed by atoms with Crippen molar-refractivity contribution in [3.8, 4) is 0 Å². The Kier molecular flexibility index (Phi) is 1.76. The molecule has 0 aliphatic rings. The van der Waals surface area contributed by atoms with E-state index in [1.807, 2.05) is 30.8 Å². The zero-order chi connectivity index (χ0) is 7.61. The molecule has 0 saturated heterocycles. The van der Waals surface area contributed by atoms with Gasteiger partial charge in [-0.15, -0.1) is 0 Å². The number of hydrogen-bond acceptors (Lipinski definition) is 2. The van der Waals surface area contributed by atoms with E-state index < -0.39 is 0 Å². The van der Waals surface area contributed by atoms with Crippen LogP contribution in [0.15, 0.2) is 18.5 Å². The van der Waals surface area contributed by atoms with E-state index in [4.69, 9.17) is 5.73 Å². The Morgan fingerprint density at radius 2 is 2.30 bits per heavy atom. The van der Waals surface area contributed by atoms with Crippen LogP contribution in [0.2, 0.25) is 0 Å². The molecule has 0 unspecified atom stereocenters. The van der Waals surface area contributed by atoms with Gasteiger partial charge in [-0.05, 0) is 19.9 Å². The van der Waals surface area contributed by atoms with Crippen LogP contribution in [-0.4, -0.2) is 15.3 Å². The average Bonchev–Trinajstić information content (AvgIpc) is 2.12. The molecule has 0 fully saturated rings. The van der Waals surface area contributed by atoms with E-state index in [9.17, 15) is 0 Å². The lowest BCUT2D eigenvalue weighted by molar-refractivity contribution is 0.408. The van der Waals surface area contributed by atoms with Crippen molar-refractivity contribution in [3.05, 3.63) is 18.5 Å². The Morgan fingerprint density at radius 1 is 1.60 bits per heavy atom. The van der Waals surface area contributed by atoms with Crippen LogP contribution in [0.3, 0.4) is 0 Å². The van der Waals surface area contributed by atoms with Crippen molar-refractivity contribution in [1.82, 2.24) is 9.78 Å². The van der Waals surface area contributed by atoms with Gasteiger partial charge in [-0.2, -0.15) is 5.10 Å². The first kappa shape index (κ1) is 7.28. The molecule has 10 heavy (non-hydrogen) atoms. The number of nitrogens with zero attached hydrogens (tertiary/aromatic N) is 2. The summed E-state index contributed by atoms with van der Waals surface area (Å²) >= 11 is 0. The first-order valence-electron chi connectivity index (χ1n) is 3.34. The smallest absolute Gasteiger partial charge is 0.0583 e. The molecule has 0 bridgehead atoms. The summed E-state index contributed by atoms with van der Waals surface area (Å²) in [7, 11) is 0. The minimum atomic E-state index is -0.175. The fraction of sp³-hybridized carbons (Fsp3) is 0.571. The van der Waals surface area contributed by atoms with Crippen LogP contribution in [0.4, 0.5) is 0 Å². The van der Waals surface area contributed by atoms with Crippen molar-refractivity contribution < 1.29 is 0 Å². The van der Waals surface area contributed by atoms with Crippen LogP contribution < -0.4 is 5.73 Å². The molecule has 0 aliphatic carbocycles. The van der Waals surface area contributed by atoms with Crippen LogP contribution in [0.1, 0.15) is 13.8 Å². The monoisotopic (exact) mass is 139 g/mol. The predicted octanol–water partition coefficient (Wildman–Crippen LogP) is 0.620. The molecule has 0 aliphatic heterocycles. The highest BCUT2D eigenvalue weighted by molar-refractivity contribution is 4.81. The number of hydrogen-bond donors (Lipinski definition) is 1. The van der Waals surface area contributed by atoms with Crippen LogP contribution in [0.25, 0.3) is 0 Å². The number of rotatable bonds is 2. The Hall–Kier alpha value is -0.830. The summed E-state index contributed by atoms with van der Waals surface area (Å²) < 4.78 is 1.83.